The molecule has 3 heterocycles. The first-order chi connectivity index (χ1) is 10.8. The number of carbonyl (C=O) groups excluding carboxylic acids is 1. The van der Waals surface area contributed by atoms with Crippen LogP contribution in [0.3, 0.4) is 0 Å². The summed E-state index contributed by atoms with van der Waals surface area (Å²) in [5.74, 6) is 0.616. The van der Waals surface area contributed by atoms with E-state index in [1.165, 1.54) is 0 Å². The highest BCUT2D eigenvalue weighted by Gasteiger charge is 2.25. The van der Waals surface area contributed by atoms with Crippen LogP contribution in [0, 0.1) is 0 Å². The Morgan fingerprint density at radius 3 is 3.09 bits per heavy atom. The van der Waals surface area contributed by atoms with E-state index in [2.05, 4.69) is 20.5 Å². The molecule has 1 aliphatic rings. The Balaban J connectivity index is 1.63. The molecule has 2 N–H and O–H groups in total. The maximum absolute atomic E-state index is 12.3. The predicted octanol–water partition coefficient (Wildman–Crippen LogP) is 1.25. The summed E-state index contributed by atoms with van der Waals surface area (Å²) >= 11 is 0. The Morgan fingerprint density at radius 2 is 2.41 bits per heavy atom. The first kappa shape index (κ1) is 14.5. The van der Waals surface area contributed by atoms with Gasteiger partial charge >= 0.3 is 0 Å². The second-order valence-electron chi connectivity index (χ2n) is 5.15. The minimum atomic E-state index is -0.147. The van der Waals surface area contributed by atoms with Crippen LogP contribution in [0.25, 0.3) is 0 Å². The summed E-state index contributed by atoms with van der Waals surface area (Å²) in [6.07, 6.45) is 4.15. The van der Waals surface area contributed by atoms with Crippen molar-refractivity contribution in [2.45, 2.75) is 18.9 Å². The highest BCUT2D eigenvalue weighted by Crippen LogP contribution is 2.26. The summed E-state index contributed by atoms with van der Waals surface area (Å²) < 4.78 is 10.4. The van der Waals surface area contributed by atoms with Gasteiger partial charge in [0.05, 0.1) is 31.2 Å². The van der Waals surface area contributed by atoms with Crippen molar-refractivity contribution in [3.8, 4) is 5.88 Å². The van der Waals surface area contributed by atoms with Gasteiger partial charge in [0.1, 0.15) is 0 Å². The molecule has 22 heavy (non-hydrogen) atoms. The number of aromatic nitrogens is 3. The van der Waals surface area contributed by atoms with E-state index in [-0.39, 0.29) is 11.8 Å². The van der Waals surface area contributed by atoms with Gasteiger partial charge < -0.3 is 14.8 Å². The predicted molar refractivity (Wildman–Crippen MR) is 78.7 cm³/mol. The van der Waals surface area contributed by atoms with Gasteiger partial charge in [-0.2, -0.15) is 5.10 Å². The zero-order chi connectivity index (χ0) is 15.4. The van der Waals surface area contributed by atoms with Gasteiger partial charge in [-0.25, -0.2) is 4.98 Å². The third-order valence-corrected chi connectivity index (χ3v) is 3.71. The molecule has 1 fully saturated rings. The molecule has 7 heteroatoms. The number of hydrogen-bond acceptors (Lipinski definition) is 5. The lowest BCUT2D eigenvalue weighted by molar-refractivity contribution is 0.0949. The van der Waals surface area contributed by atoms with Crippen molar-refractivity contribution in [1.82, 2.24) is 20.5 Å². The molecule has 0 bridgehead atoms. The fraction of sp³-hybridized carbons (Fsp3) is 0.400. The number of carbonyl (C=O) groups is 1. The van der Waals surface area contributed by atoms with Crippen molar-refractivity contribution in [1.29, 1.82) is 0 Å². The summed E-state index contributed by atoms with van der Waals surface area (Å²) in [5, 5.41) is 9.80. The maximum Gasteiger partial charge on any atom is 0.255 e. The van der Waals surface area contributed by atoms with E-state index >= 15 is 0 Å². The summed E-state index contributed by atoms with van der Waals surface area (Å²) in [5.41, 5.74) is 2.34. The van der Waals surface area contributed by atoms with E-state index in [1.54, 1.807) is 25.6 Å². The van der Waals surface area contributed by atoms with Crippen molar-refractivity contribution < 1.29 is 14.3 Å². The van der Waals surface area contributed by atoms with Crippen LogP contribution in [-0.4, -0.2) is 41.4 Å². The van der Waals surface area contributed by atoms with Crippen molar-refractivity contribution in [2.75, 3.05) is 20.3 Å². The largest absolute Gasteiger partial charge is 0.481 e. The molecule has 7 nitrogen and oxygen atoms in total. The lowest BCUT2D eigenvalue weighted by atomic mass is 10.0. The standard InChI is InChI=1S/C15H18N4O3/c1-21-13-3-2-10(6-16-13)7-17-15(20)12-8-18-19-14(12)11-4-5-22-9-11/h2-3,6,8,11H,4-5,7,9H2,1H3,(H,17,20)(H,18,19). The van der Waals surface area contributed by atoms with Gasteiger partial charge in [0.15, 0.2) is 0 Å². The summed E-state index contributed by atoms with van der Waals surface area (Å²) in [4.78, 5) is 16.4. The summed E-state index contributed by atoms with van der Waals surface area (Å²) in [6, 6.07) is 3.63. The third-order valence-electron chi connectivity index (χ3n) is 3.71. The number of H-pyrrole nitrogens is 1. The zero-order valence-corrected chi connectivity index (χ0v) is 12.3. The Morgan fingerprint density at radius 1 is 1.50 bits per heavy atom. The summed E-state index contributed by atoms with van der Waals surface area (Å²) in [6.45, 7) is 1.76. The average Bonchev–Trinajstić information content (AvgIpc) is 3.23. The molecule has 1 unspecified atom stereocenters. The molecule has 1 aliphatic heterocycles. The normalized spacial score (nSPS) is 17.4. The molecular formula is C15H18N4O3. The number of aromatic amines is 1. The Labute approximate surface area is 128 Å². The van der Waals surface area contributed by atoms with Gasteiger partial charge in [-0.3, -0.25) is 9.89 Å². The monoisotopic (exact) mass is 302 g/mol. The van der Waals surface area contributed by atoms with Crippen LogP contribution >= 0.6 is 0 Å². The van der Waals surface area contributed by atoms with E-state index in [4.69, 9.17) is 9.47 Å². The molecule has 0 aliphatic carbocycles. The fourth-order valence-corrected chi connectivity index (χ4v) is 2.46. The van der Waals surface area contributed by atoms with Crippen molar-refractivity contribution in [3.63, 3.8) is 0 Å². The highest BCUT2D eigenvalue weighted by molar-refractivity contribution is 5.95. The van der Waals surface area contributed by atoms with Crippen LogP contribution in [0.2, 0.25) is 0 Å². The van der Waals surface area contributed by atoms with Gasteiger partial charge in [-0.05, 0) is 12.0 Å². The second-order valence-corrected chi connectivity index (χ2v) is 5.15. The van der Waals surface area contributed by atoms with E-state index in [0.29, 0.717) is 24.6 Å². The van der Waals surface area contributed by atoms with Gasteiger partial charge in [-0.1, -0.05) is 6.07 Å². The van der Waals surface area contributed by atoms with Gasteiger partial charge in [0.25, 0.3) is 5.91 Å². The molecule has 1 amide bonds. The molecule has 0 radical (unpaired) electrons. The summed E-state index contributed by atoms with van der Waals surface area (Å²) in [7, 11) is 1.57. The molecule has 2 aromatic rings. The topological polar surface area (TPSA) is 89.1 Å². The van der Waals surface area contributed by atoms with Crippen LogP contribution in [0.15, 0.2) is 24.5 Å². The SMILES string of the molecule is COc1ccc(CNC(=O)c2cn[nH]c2C2CCOC2)cn1. The number of amides is 1. The molecule has 3 rings (SSSR count). The molecule has 2 aromatic heterocycles. The van der Waals surface area contributed by atoms with Crippen LogP contribution in [0.4, 0.5) is 0 Å². The van der Waals surface area contributed by atoms with Crippen LogP contribution in [0.5, 0.6) is 5.88 Å². The minimum absolute atomic E-state index is 0.147. The van der Waals surface area contributed by atoms with E-state index in [9.17, 15) is 4.79 Å². The molecular weight excluding hydrogens is 284 g/mol. The fourth-order valence-electron chi connectivity index (χ4n) is 2.46. The van der Waals surface area contributed by atoms with Gasteiger partial charge in [0, 0.05) is 31.3 Å². The van der Waals surface area contributed by atoms with E-state index < -0.39 is 0 Å². The van der Waals surface area contributed by atoms with E-state index in [0.717, 1.165) is 24.3 Å². The van der Waals surface area contributed by atoms with E-state index in [1.807, 2.05) is 6.07 Å². The minimum Gasteiger partial charge on any atom is -0.481 e. The molecule has 116 valence electrons. The van der Waals surface area contributed by atoms with Crippen LogP contribution < -0.4 is 10.1 Å². The first-order valence-corrected chi connectivity index (χ1v) is 7.16. The van der Waals surface area contributed by atoms with Crippen molar-refractivity contribution in [2.24, 2.45) is 0 Å². The number of methoxy groups -OCH3 is 1. The van der Waals surface area contributed by atoms with Crippen molar-refractivity contribution >= 4 is 5.91 Å². The number of ether oxygens (including phenoxy) is 2. The second kappa shape index (κ2) is 6.57. The van der Waals surface area contributed by atoms with Gasteiger partial charge in [0.2, 0.25) is 5.88 Å². The van der Waals surface area contributed by atoms with Crippen molar-refractivity contribution in [3.05, 3.63) is 41.3 Å². The Bertz CT molecular complexity index is 632. The lowest BCUT2D eigenvalue weighted by Crippen LogP contribution is -2.24. The quantitative estimate of drug-likeness (QED) is 0.867. The number of rotatable bonds is 5. The third kappa shape index (κ3) is 3.09. The molecule has 1 atom stereocenters. The number of nitrogens with zero attached hydrogens (tertiary/aromatic N) is 2. The van der Waals surface area contributed by atoms with Crippen LogP contribution in [0.1, 0.15) is 34.0 Å². The molecule has 0 spiro atoms. The maximum atomic E-state index is 12.3. The molecule has 0 saturated carbocycles. The Kier molecular flexibility index (Phi) is 4.34. The first-order valence-electron chi connectivity index (χ1n) is 7.16. The number of nitrogens with one attached hydrogen (secondary N) is 2. The zero-order valence-electron chi connectivity index (χ0n) is 12.3. The van der Waals surface area contributed by atoms with Crippen LogP contribution in [-0.2, 0) is 11.3 Å². The van der Waals surface area contributed by atoms with Gasteiger partial charge in [-0.15, -0.1) is 0 Å². The molecule has 1 saturated heterocycles. The lowest BCUT2D eigenvalue weighted by Gasteiger charge is -2.09. The molecule has 0 aromatic carbocycles. The Hall–Kier alpha value is -2.41. The smallest absolute Gasteiger partial charge is 0.255 e. The average molecular weight is 302 g/mol. The highest BCUT2D eigenvalue weighted by atomic mass is 16.5. The number of pyridine rings is 1. The number of hydrogen-bond donors (Lipinski definition) is 2.